The topological polar surface area (TPSA) is 61.4 Å². The van der Waals surface area contributed by atoms with Crippen LogP contribution in [0.3, 0.4) is 0 Å². The van der Waals surface area contributed by atoms with Crippen molar-refractivity contribution in [1.82, 2.24) is 14.9 Å². The van der Waals surface area contributed by atoms with Gasteiger partial charge in [0.2, 0.25) is 0 Å². The first-order valence-corrected chi connectivity index (χ1v) is 7.53. The van der Waals surface area contributed by atoms with Gasteiger partial charge in [-0.15, -0.1) is 0 Å². The molecule has 0 atom stereocenters. The van der Waals surface area contributed by atoms with Gasteiger partial charge in [0, 0.05) is 38.6 Å². The number of anilines is 2. The van der Waals surface area contributed by atoms with Crippen LogP contribution in [0.15, 0.2) is 36.8 Å². The molecule has 1 aliphatic rings. The van der Waals surface area contributed by atoms with Crippen molar-refractivity contribution in [3.8, 4) is 0 Å². The average molecular weight is 336 g/mol. The SMILES string of the molecule is O=C(Nc1ccncc1F)N1CCN(c2ccc(Cl)cn2)CC1. The number of aromatic nitrogens is 2. The lowest BCUT2D eigenvalue weighted by Gasteiger charge is -2.35. The van der Waals surface area contributed by atoms with Crippen molar-refractivity contribution < 1.29 is 9.18 Å². The summed E-state index contributed by atoms with van der Waals surface area (Å²) in [7, 11) is 0. The molecule has 3 heterocycles. The lowest BCUT2D eigenvalue weighted by Crippen LogP contribution is -2.50. The Morgan fingerprint density at radius 3 is 2.61 bits per heavy atom. The second-order valence-corrected chi connectivity index (χ2v) is 5.53. The lowest BCUT2D eigenvalue weighted by molar-refractivity contribution is 0.208. The van der Waals surface area contributed by atoms with E-state index >= 15 is 0 Å². The Bertz CT molecular complexity index is 689. The molecule has 0 aromatic carbocycles. The van der Waals surface area contributed by atoms with E-state index < -0.39 is 5.82 Å². The molecule has 6 nitrogen and oxygen atoms in total. The molecule has 0 aliphatic carbocycles. The van der Waals surface area contributed by atoms with Crippen molar-refractivity contribution >= 4 is 29.1 Å². The zero-order chi connectivity index (χ0) is 16.2. The summed E-state index contributed by atoms with van der Waals surface area (Å²) < 4.78 is 13.5. The minimum absolute atomic E-state index is 0.131. The van der Waals surface area contributed by atoms with Gasteiger partial charge in [-0.1, -0.05) is 11.6 Å². The normalized spacial score (nSPS) is 14.7. The minimum Gasteiger partial charge on any atom is -0.353 e. The molecule has 2 aromatic rings. The number of rotatable bonds is 2. The lowest BCUT2D eigenvalue weighted by atomic mass is 10.3. The largest absolute Gasteiger partial charge is 0.353 e. The molecule has 0 spiro atoms. The number of urea groups is 1. The number of hydrogen-bond acceptors (Lipinski definition) is 4. The first-order chi connectivity index (χ1) is 11.1. The van der Waals surface area contributed by atoms with E-state index in [9.17, 15) is 9.18 Å². The monoisotopic (exact) mass is 335 g/mol. The number of nitrogens with one attached hydrogen (secondary N) is 1. The van der Waals surface area contributed by atoms with Gasteiger partial charge in [0.1, 0.15) is 5.82 Å². The van der Waals surface area contributed by atoms with Crippen LogP contribution in [0.4, 0.5) is 20.7 Å². The van der Waals surface area contributed by atoms with Crippen molar-refractivity contribution in [1.29, 1.82) is 0 Å². The Balaban J connectivity index is 1.57. The van der Waals surface area contributed by atoms with Gasteiger partial charge >= 0.3 is 6.03 Å². The molecule has 0 radical (unpaired) electrons. The standard InChI is InChI=1S/C15H15ClFN5O/c16-11-1-2-14(19-9-11)21-5-7-22(8-6-21)15(23)20-13-3-4-18-10-12(13)17/h1-4,9-10H,5-8H2,(H,18,20,23). The van der Waals surface area contributed by atoms with Gasteiger partial charge in [-0.3, -0.25) is 4.98 Å². The number of carbonyl (C=O) groups is 1. The summed E-state index contributed by atoms with van der Waals surface area (Å²) in [6.07, 6.45) is 4.10. The van der Waals surface area contributed by atoms with Crippen LogP contribution in [0, 0.1) is 5.82 Å². The summed E-state index contributed by atoms with van der Waals surface area (Å²) in [5.74, 6) is 0.277. The van der Waals surface area contributed by atoms with Crippen molar-refractivity contribution in [3.63, 3.8) is 0 Å². The predicted octanol–water partition coefficient (Wildman–Crippen LogP) is 2.62. The summed E-state index contributed by atoms with van der Waals surface area (Å²) in [6, 6.07) is 4.75. The number of halogens is 2. The van der Waals surface area contributed by atoms with Crippen LogP contribution in [0.5, 0.6) is 0 Å². The molecule has 8 heteroatoms. The molecule has 1 aliphatic heterocycles. The zero-order valence-electron chi connectivity index (χ0n) is 12.2. The molecule has 1 saturated heterocycles. The van der Waals surface area contributed by atoms with E-state index in [1.165, 1.54) is 12.3 Å². The molecule has 0 unspecified atom stereocenters. The minimum atomic E-state index is -0.551. The van der Waals surface area contributed by atoms with Crippen LogP contribution < -0.4 is 10.2 Å². The number of piperazine rings is 1. The predicted molar refractivity (Wildman–Crippen MR) is 86.2 cm³/mol. The van der Waals surface area contributed by atoms with Crippen LogP contribution in [-0.2, 0) is 0 Å². The third kappa shape index (κ3) is 3.68. The van der Waals surface area contributed by atoms with Crippen molar-refractivity contribution in [2.45, 2.75) is 0 Å². The van der Waals surface area contributed by atoms with Crippen LogP contribution in [0.2, 0.25) is 5.02 Å². The molecule has 3 rings (SSSR count). The van der Waals surface area contributed by atoms with Crippen LogP contribution in [0.1, 0.15) is 0 Å². The smallest absolute Gasteiger partial charge is 0.322 e. The van der Waals surface area contributed by atoms with Gasteiger partial charge in [0.15, 0.2) is 5.82 Å². The number of hydrogen-bond donors (Lipinski definition) is 1. The highest BCUT2D eigenvalue weighted by molar-refractivity contribution is 6.30. The fourth-order valence-electron chi connectivity index (χ4n) is 2.36. The van der Waals surface area contributed by atoms with E-state index in [-0.39, 0.29) is 11.7 Å². The third-order valence-electron chi connectivity index (χ3n) is 3.62. The highest BCUT2D eigenvalue weighted by atomic mass is 35.5. The molecule has 0 saturated carbocycles. The van der Waals surface area contributed by atoms with Crippen molar-refractivity contribution in [2.24, 2.45) is 0 Å². The van der Waals surface area contributed by atoms with Crippen LogP contribution in [0.25, 0.3) is 0 Å². The maximum Gasteiger partial charge on any atom is 0.322 e. The molecule has 120 valence electrons. The maximum absolute atomic E-state index is 13.5. The van der Waals surface area contributed by atoms with E-state index in [4.69, 9.17) is 11.6 Å². The van der Waals surface area contributed by atoms with Gasteiger partial charge in [-0.05, 0) is 18.2 Å². The fraction of sp³-hybridized carbons (Fsp3) is 0.267. The second kappa shape index (κ2) is 6.78. The molecule has 23 heavy (non-hydrogen) atoms. The zero-order valence-corrected chi connectivity index (χ0v) is 13.0. The molecule has 2 aromatic heterocycles. The number of nitrogens with zero attached hydrogens (tertiary/aromatic N) is 4. The highest BCUT2D eigenvalue weighted by Crippen LogP contribution is 2.17. The van der Waals surface area contributed by atoms with E-state index in [2.05, 4.69) is 20.2 Å². The first kappa shape index (κ1) is 15.5. The molecule has 2 amide bonds. The van der Waals surface area contributed by atoms with Gasteiger partial charge in [-0.2, -0.15) is 0 Å². The Morgan fingerprint density at radius 2 is 1.96 bits per heavy atom. The van der Waals surface area contributed by atoms with Crippen molar-refractivity contribution in [3.05, 3.63) is 47.6 Å². The van der Waals surface area contributed by atoms with E-state index in [1.807, 2.05) is 6.07 Å². The van der Waals surface area contributed by atoms with Crippen LogP contribution in [-0.4, -0.2) is 47.1 Å². The average Bonchev–Trinajstić information content (AvgIpc) is 2.58. The van der Waals surface area contributed by atoms with Crippen LogP contribution >= 0.6 is 11.6 Å². The van der Waals surface area contributed by atoms with Gasteiger partial charge < -0.3 is 15.1 Å². The van der Waals surface area contributed by atoms with E-state index in [0.29, 0.717) is 31.2 Å². The number of pyridine rings is 2. The Morgan fingerprint density at radius 1 is 1.17 bits per heavy atom. The molecular weight excluding hydrogens is 321 g/mol. The highest BCUT2D eigenvalue weighted by Gasteiger charge is 2.22. The molecular formula is C15H15ClFN5O. The third-order valence-corrected chi connectivity index (χ3v) is 3.84. The Hall–Kier alpha value is -2.41. The van der Waals surface area contributed by atoms with Gasteiger partial charge in [0.25, 0.3) is 0 Å². The van der Waals surface area contributed by atoms with E-state index in [1.54, 1.807) is 17.2 Å². The second-order valence-electron chi connectivity index (χ2n) is 5.09. The summed E-state index contributed by atoms with van der Waals surface area (Å²) in [6.45, 7) is 2.37. The van der Waals surface area contributed by atoms with E-state index in [0.717, 1.165) is 12.0 Å². The molecule has 0 bridgehead atoms. The quantitative estimate of drug-likeness (QED) is 0.916. The Labute approximate surface area is 137 Å². The van der Waals surface area contributed by atoms with Gasteiger partial charge in [-0.25, -0.2) is 14.2 Å². The van der Waals surface area contributed by atoms with Gasteiger partial charge in [0.05, 0.1) is 16.9 Å². The number of amides is 2. The fourth-order valence-corrected chi connectivity index (χ4v) is 2.48. The first-order valence-electron chi connectivity index (χ1n) is 7.15. The molecule has 1 fully saturated rings. The summed E-state index contributed by atoms with van der Waals surface area (Å²) in [4.78, 5) is 23.8. The summed E-state index contributed by atoms with van der Waals surface area (Å²) in [5, 5.41) is 3.15. The molecule has 1 N–H and O–H groups in total. The Kier molecular flexibility index (Phi) is 4.57. The maximum atomic E-state index is 13.5. The number of carbonyl (C=O) groups excluding carboxylic acids is 1. The summed E-state index contributed by atoms with van der Waals surface area (Å²) in [5.41, 5.74) is 0.131. The summed E-state index contributed by atoms with van der Waals surface area (Å²) >= 11 is 5.83. The van der Waals surface area contributed by atoms with Crippen molar-refractivity contribution in [2.75, 3.05) is 36.4 Å².